The molecule has 5 rings (SSSR count). The molecule has 0 fully saturated rings. The number of H-pyrrole nitrogens is 1. The number of nitrogens with one attached hydrogen (secondary N) is 1. The van der Waals surface area contributed by atoms with Gasteiger partial charge in [0.15, 0.2) is 0 Å². The van der Waals surface area contributed by atoms with Crippen molar-refractivity contribution in [2.75, 3.05) is 0 Å². The number of nitriles is 1. The lowest BCUT2D eigenvalue weighted by Gasteiger charge is -2.05. The van der Waals surface area contributed by atoms with Gasteiger partial charge in [-0.15, -0.1) is 0 Å². The molecule has 3 heterocycles. The second kappa shape index (κ2) is 6.03. The summed E-state index contributed by atoms with van der Waals surface area (Å²) < 4.78 is 15.6. The average Bonchev–Trinajstić information content (AvgIpc) is 3.31. The summed E-state index contributed by atoms with van der Waals surface area (Å²) in [5.74, 6) is -0.521. The molecule has 0 radical (unpaired) electrons. The van der Waals surface area contributed by atoms with E-state index in [4.69, 9.17) is 5.26 Å². The Kier molecular flexibility index (Phi) is 3.49. The molecule has 0 amide bonds. The second-order valence-electron chi connectivity index (χ2n) is 6.69. The zero-order chi connectivity index (χ0) is 19.3. The van der Waals surface area contributed by atoms with Gasteiger partial charge in [0.1, 0.15) is 17.5 Å². The molecule has 0 aliphatic heterocycles. The molecule has 2 aromatic carbocycles. The summed E-state index contributed by atoms with van der Waals surface area (Å²) in [7, 11) is 1.97. The number of hydrogen-bond donors (Lipinski definition) is 1. The average molecular weight is 367 g/mol. The molecule has 0 aliphatic carbocycles. The standard InChI is InChI=1S/C22H14FN5/c1-28-12-27-20-5-3-14(8-21(20)28)18-11-26-22-17(18)7-16(10-25-22)13-2-4-19(23)15(6-13)9-24/h2-8,10-12H,1H3,(H,25,26). The zero-order valence-electron chi connectivity index (χ0n) is 14.9. The van der Waals surface area contributed by atoms with Gasteiger partial charge >= 0.3 is 0 Å². The van der Waals surface area contributed by atoms with Crippen LogP contribution >= 0.6 is 0 Å². The van der Waals surface area contributed by atoms with Gasteiger partial charge in [-0.2, -0.15) is 5.26 Å². The van der Waals surface area contributed by atoms with Gasteiger partial charge in [0.25, 0.3) is 0 Å². The van der Waals surface area contributed by atoms with Crippen LogP contribution in [0.5, 0.6) is 0 Å². The molecule has 0 atom stereocenters. The number of nitrogens with zero attached hydrogens (tertiary/aromatic N) is 4. The third-order valence-electron chi connectivity index (χ3n) is 4.99. The van der Waals surface area contributed by atoms with Gasteiger partial charge in [0, 0.05) is 36.0 Å². The topological polar surface area (TPSA) is 70.3 Å². The van der Waals surface area contributed by atoms with Gasteiger partial charge in [-0.3, -0.25) is 0 Å². The number of fused-ring (bicyclic) bond motifs is 2. The number of imidazole rings is 1. The van der Waals surface area contributed by atoms with E-state index in [9.17, 15) is 4.39 Å². The summed E-state index contributed by atoms with van der Waals surface area (Å²) in [5.41, 5.74) is 6.44. The van der Waals surface area contributed by atoms with Gasteiger partial charge in [-0.05, 0) is 41.5 Å². The summed E-state index contributed by atoms with van der Waals surface area (Å²) in [6.45, 7) is 0. The van der Waals surface area contributed by atoms with Crippen molar-refractivity contribution >= 4 is 22.1 Å². The second-order valence-corrected chi connectivity index (χ2v) is 6.69. The van der Waals surface area contributed by atoms with E-state index < -0.39 is 5.82 Å². The number of hydrogen-bond acceptors (Lipinski definition) is 3. The molecule has 28 heavy (non-hydrogen) atoms. The smallest absolute Gasteiger partial charge is 0.140 e. The van der Waals surface area contributed by atoms with Crippen LogP contribution in [-0.4, -0.2) is 19.5 Å². The molecule has 0 saturated carbocycles. The number of benzene rings is 2. The van der Waals surface area contributed by atoms with Crippen molar-refractivity contribution in [2.45, 2.75) is 0 Å². The summed E-state index contributed by atoms with van der Waals surface area (Å²) in [5, 5.41) is 10.1. The lowest BCUT2D eigenvalue weighted by atomic mass is 10.0. The van der Waals surface area contributed by atoms with Crippen molar-refractivity contribution in [2.24, 2.45) is 7.05 Å². The zero-order valence-corrected chi connectivity index (χ0v) is 14.9. The summed E-state index contributed by atoms with van der Waals surface area (Å²) in [4.78, 5) is 12.1. The van der Waals surface area contributed by atoms with E-state index in [2.05, 4.69) is 21.0 Å². The lowest BCUT2D eigenvalue weighted by molar-refractivity contribution is 0.624. The fraction of sp³-hybridized carbons (Fsp3) is 0.0455. The molecule has 0 aliphatic rings. The van der Waals surface area contributed by atoms with Crippen LogP contribution in [0.2, 0.25) is 0 Å². The SMILES string of the molecule is Cn1cnc2ccc(-c3c[nH]c4ncc(-c5ccc(F)c(C#N)c5)cc34)cc21. The number of pyridine rings is 1. The Balaban J connectivity index is 1.68. The summed E-state index contributed by atoms with van der Waals surface area (Å²) in [6.07, 6.45) is 5.45. The van der Waals surface area contributed by atoms with Crippen LogP contribution in [0.25, 0.3) is 44.3 Å². The van der Waals surface area contributed by atoms with Crippen molar-refractivity contribution in [3.8, 4) is 28.3 Å². The predicted octanol–water partition coefficient (Wildman–Crippen LogP) is 4.79. The quantitative estimate of drug-likeness (QED) is 0.487. The van der Waals surface area contributed by atoms with E-state index in [-0.39, 0.29) is 5.56 Å². The van der Waals surface area contributed by atoms with Gasteiger partial charge in [-0.25, -0.2) is 14.4 Å². The van der Waals surface area contributed by atoms with E-state index in [0.29, 0.717) is 0 Å². The Morgan fingerprint density at radius 3 is 2.75 bits per heavy atom. The van der Waals surface area contributed by atoms with Crippen LogP contribution in [-0.2, 0) is 7.05 Å². The van der Waals surface area contributed by atoms with Crippen LogP contribution in [0.15, 0.2) is 61.2 Å². The predicted molar refractivity (Wildman–Crippen MR) is 106 cm³/mol. The molecular formula is C22H14FN5. The molecular weight excluding hydrogens is 353 g/mol. The van der Waals surface area contributed by atoms with Crippen LogP contribution in [0, 0.1) is 17.1 Å². The molecule has 5 aromatic rings. The Labute approximate surface area is 159 Å². The van der Waals surface area contributed by atoms with Gasteiger partial charge < -0.3 is 9.55 Å². The maximum atomic E-state index is 13.7. The number of aromatic amines is 1. The Hall–Kier alpha value is -3.98. The molecule has 5 nitrogen and oxygen atoms in total. The molecule has 134 valence electrons. The van der Waals surface area contributed by atoms with Crippen LogP contribution in [0.1, 0.15) is 5.56 Å². The highest BCUT2D eigenvalue weighted by molar-refractivity contribution is 5.97. The monoisotopic (exact) mass is 367 g/mol. The Morgan fingerprint density at radius 1 is 1.04 bits per heavy atom. The van der Waals surface area contributed by atoms with E-state index in [1.54, 1.807) is 24.7 Å². The van der Waals surface area contributed by atoms with E-state index in [1.165, 1.54) is 6.07 Å². The number of halogens is 1. The minimum Gasteiger partial charge on any atom is -0.346 e. The Bertz CT molecular complexity index is 1400. The van der Waals surface area contributed by atoms with E-state index in [0.717, 1.165) is 44.3 Å². The normalized spacial score (nSPS) is 11.2. The first-order valence-electron chi connectivity index (χ1n) is 8.72. The number of aryl methyl sites for hydroxylation is 1. The molecule has 0 saturated heterocycles. The van der Waals surface area contributed by atoms with Crippen molar-refractivity contribution in [3.05, 3.63) is 72.6 Å². The van der Waals surface area contributed by atoms with Crippen LogP contribution < -0.4 is 0 Å². The molecule has 3 aromatic heterocycles. The molecule has 0 spiro atoms. The number of rotatable bonds is 2. The van der Waals surface area contributed by atoms with E-state index >= 15 is 0 Å². The molecule has 1 N–H and O–H groups in total. The Morgan fingerprint density at radius 2 is 1.89 bits per heavy atom. The fourth-order valence-corrected chi connectivity index (χ4v) is 3.48. The minimum atomic E-state index is -0.521. The molecule has 0 bridgehead atoms. The highest BCUT2D eigenvalue weighted by Crippen LogP contribution is 2.32. The minimum absolute atomic E-state index is 0.0218. The van der Waals surface area contributed by atoms with Crippen LogP contribution in [0.4, 0.5) is 4.39 Å². The van der Waals surface area contributed by atoms with Crippen molar-refractivity contribution in [1.82, 2.24) is 19.5 Å². The molecule has 6 heteroatoms. The largest absolute Gasteiger partial charge is 0.346 e. The summed E-state index contributed by atoms with van der Waals surface area (Å²) >= 11 is 0. The third kappa shape index (κ3) is 2.45. The number of aromatic nitrogens is 4. The van der Waals surface area contributed by atoms with Crippen molar-refractivity contribution in [1.29, 1.82) is 5.26 Å². The lowest BCUT2D eigenvalue weighted by Crippen LogP contribution is -1.87. The summed E-state index contributed by atoms with van der Waals surface area (Å²) in [6, 6.07) is 14.6. The third-order valence-corrected chi connectivity index (χ3v) is 4.99. The highest BCUT2D eigenvalue weighted by Gasteiger charge is 2.12. The van der Waals surface area contributed by atoms with Gasteiger partial charge in [0.05, 0.1) is 22.9 Å². The molecule has 0 unspecified atom stereocenters. The van der Waals surface area contributed by atoms with Gasteiger partial charge in [0.2, 0.25) is 0 Å². The highest BCUT2D eigenvalue weighted by atomic mass is 19.1. The van der Waals surface area contributed by atoms with Crippen molar-refractivity contribution in [3.63, 3.8) is 0 Å². The first-order valence-corrected chi connectivity index (χ1v) is 8.72. The maximum absolute atomic E-state index is 13.7. The van der Waals surface area contributed by atoms with E-state index in [1.807, 2.05) is 42.1 Å². The first-order chi connectivity index (χ1) is 13.6. The van der Waals surface area contributed by atoms with Crippen molar-refractivity contribution < 1.29 is 4.39 Å². The fourth-order valence-electron chi connectivity index (χ4n) is 3.48. The maximum Gasteiger partial charge on any atom is 0.140 e. The van der Waals surface area contributed by atoms with Gasteiger partial charge in [-0.1, -0.05) is 12.1 Å². The van der Waals surface area contributed by atoms with Crippen LogP contribution in [0.3, 0.4) is 0 Å². The first kappa shape index (κ1) is 16.2.